The second-order valence-electron chi connectivity index (χ2n) is 3.99. The normalized spacial score (nSPS) is 9.55. The maximum atomic E-state index is 12.2. The summed E-state index contributed by atoms with van der Waals surface area (Å²) in [7, 11) is 2.95. The minimum Gasteiger partial charge on any atom is -0.469 e. The third-order valence-corrected chi connectivity index (χ3v) is 3.45. The average molecular weight is 295 g/mol. The molecule has 20 heavy (non-hydrogen) atoms. The number of ether oxygens (including phenoxy) is 1. The monoisotopic (exact) mass is 295 g/mol. The van der Waals surface area contributed by atoms with Crippen molar-refractivity contribution in [3.63, 3.8) is 0 Å². The first kappa shape index (κ1) is 16.2. The van der Waals surface area contributed by atoms with Gasteiger partial charge >= 0.3 is 5.97 Å². The molecular formula is C14H17NO4S. The van der Waals surface area contributed by atoms with Gasteiger partial charge in [-0.05, 0) is 11.4 Å². The Labute approximate surface area is 122 Å². The van der Waals surface area contributed by atoms with Crippen molar-refractivity contribution in [3.8, 4) is 11.8 Å². The van der Waals surface area contributed by atoms with Gasteiger partial charge in [-0.15, -0.1) is 11.3 Å². The van der Waals surface area contributed by atoms with Crippen LogP contribution in [0.1, 0.15) is 28.1 Å². The fraction of sp³-hybridized carbons (Fsp3) is 0.429. The second kappa shape index (κ2) is 8.35. The van der Waals surface area contributed by atoms with E-state index in [-0.39, 0.29) is 24.9 Å². The maximum absolute atomic E-state index is 12.2. The summed E-state index contributed by atoms with van der Waals surface area (Å²) in [6, 6.07) is 1.77. The molecule has 1 aromatic rings. The van der Waals surface area contributed by atoms with Crippen molar-refractivity contribution in [2.24, 2.45) is 0 Å². The number of aliphatic hydroxyl groups is 1. The van der Waals surface area contributed by atoms with E-state index in [0.29, 0.717) is 23.4 Å². The number of carbonyl (C=O) groups is 2. The van der Waals surface area contributed by atoms with E-state index in [1.807, 2.05) is 0 Å². The number of amides is 1. The lowest BCUT2D eigenvalue weighted by molar-refractivity contribution is -0.140. The molecule has 0 aliphatic rings. The van der Waals surface area contributed by atoms with Crippen molar-refractivity contribution >= 4 is 23.2 Å². The first-order chi connectivity index (χ1) is 9.60. The fourth-order valence-corrected chi connectivity index (χ4v) is 2.27. The number of aliphatic hydroxyl groups excluding tert-OH is 1. The highest BCUT2D eigenvalue weighted by Crippen LogP contribution is 2.18. The molecule has 0 spiro atoms. The molecular weight excluding hydrogens is 278 g/mol. The number of hydrogen-bond acceptors (Lipinski definition) is 5. The van der Waals surface area contributed by atoms with Crippen molar-refractivity contribution in [2.75, 3.05) is 27.3 Å². The van der Waals surface area contributed by atoms with Crippen LogP contribution in [-0.2, 0) is 9.53 Å². The van der Waals surface area contributed by atoms with Crippen LogP contribution in [0.3, 0.4) is 0 Å². The summed E-state index contributed by atoms with van der Waals surface area (Å²) in [5, 5.41) is 10.5. The van der Waals surface area contributed by atoms with Gasteiger partial charge in [0.1, 0.15) is 4.88 Å². The zero-order valence-corrected chi connectivity index (χ0v) is 12.3. The molecule has 0 atom stereocenters. The summed E-state index contributed by atoms with van der Waals surface area (Å²) in [5.74, 6) is 5.14. The van der Waals surface area contributed by atoms with Crippen molar-refractivity contribution in [2.45, 2.75) is 12.8 Å². The number of hydrogen-bond donors (Lipinski definition) is 1. The fourth-order valence-electron chi connectivity index (χ4n) is 1.42. The SMILES string of the molecule is COC(=O)CCN(C)C(=O)c1sccc1C#CCCO. The largest absolute Gasteiger partial charge is 0.469 e. The number of methoxy groups -OCH3 is 1. The number of carbonyl (C=O) groups excluding carboxylic acids is 2. The van der Waals surface area contributed by atoms with Crippen molar-refractivity contribution in [1.29, 1.82) is 0 Å². The molecule has 1 aromatic heterocycles. The highest BCUT2D eigenvalue weighted by molar-refractivity contribution is 7.12. The maximum Gasteiger partial charge on any atom is 0.307 e. The van der Waals surface area contributed by atoms with Gasteiger partial charge in [0.25, 0.3) is 5.91 Å². The third kappa shape index (κ3) is 4.68. The Morgan fingerprint density at radius 1 is 1.50 bits per heavy atom. The van der Waals surface area contributed by atoms with E-state index in [9.17, 15) is 9.59 Å². The minimum atomic E-state index is -0.348. The lowest BCUT2D eigenvalue weighted by Crippen LogP contribution is -2.29. The van der Waals surface area contributed by atoms with E-state index in [4.69, 9.17) is 5.11 Å². The van der Waals surface area contributed by atoms with Gasteiger partial charge in [-0.3, -0.25) is 9.59 Å². The van der Waals surface area contributed by atoms with Crippen molar-refractivity contribution in [3.05, 3.63) is 21.9 Å². The molecule has 1 N–H and O–H groups in total. The second-order valence-corrected chi connectivity index (χ2v) is 4.91. The summed E-state index contributed by atoms with van der Waals surface area (Å²) in [5.41, 5.74) is 0.651. The number of nitrogens with zero attached hydrogens (tertiary/aromatic N) is 1. The first-order valence-electron chi connectivity index (χ1n) is 6.09. The zero-order valence-electron chi connectivity index (χ0n) is 11.5. The Balaban J connectivity index is 2.70. The van der Waals surface area contributed by atoms with Crippen LogP contribution in [0.5, 0.6) is 0 Å². The van der Waals surface area contributed by atoms with Gasteiger partial charge in [-0.2, -0.15) is 0 Å². The van der Waals surface area contributed by atoms with Gasteiger partial charge < -0.3 is 14.7 Å². The molecule has 0 radical (unpaired) electrons. The van der Waals surface area contributed by atoms with E-state index in [2.05, 4.69) is 16.6 Å². The molecule has 0 saturated carbocycles. The molecule has 5 nitrogen and oxygen atoms in total. The highest BCUT2D eigenvalue weighted by Gasteiger charge is 2.17. The zero-order chi connectivity index (χ0) is 15.0. The predicted molar refractivity (Wildman–Crippen MR) is 76.5 cm³/mol. The van der Waals surface area contributed by atoms with Crippen molar-refractivity contribution < 1.29 is 19.4 Å². The van der Waals surface area contributed by atoms with Crippen LogP contribution in [0.15, 0.2) is 11.4 Å². The van der Waals surface area contributed by atoms with Crippen LogP contribution in [-0.4, -0.2) is 49.2 Å². The molecule has 1 heterocycles. The molecule has 1 amide bonds. The van der Waals surface area contributed by atoms with E-state index in [1.54, 1.807) is 18.5 Å². The third-order valence-electron chi connectivity index (χ3n) is 2.55. The van der Waals surface area contributed by atoms with Crippen LogP contribution in [0.2, 0.25) is 0 Å². The van der Waals surface area contributed by atoms with Gasteiger partial charge in [-0.1, -0.05) is 11.8 Å². The molecule has 0 aliphatic carbocycles. The Hall–Kier alpha value is -1.84. The lowest BCUT2D eigenvalue weighted by Gasteiger charge is -2.15. The average Bonchev–Trinajstić information content (AvgIpc) is 2.92. The van der Waals surface area contributed by atoms with Gasteiger partial charge in [-0.25, -0.2) is 0 Å². The van der Waals surface area contributed by atoms with Crippen LogP contribution in [0.25, 0.3) is 0 Å². The smallest absolute Gasteiger partial charge is 0.307 e. The number of thiophene rings is 1. The van der Waals surface area contributed by atoms with Gasteiger partial charge in [0.15, 0.2) is 0 Å². The first-order valence-corrected chi connectivity index (χ1v) is 6.97. The molecule has 1 rings (SSSR count). The molecule has 0 aromatic carbocycles. The summed E-state index contributed by atoms with van der Waals surface area (Å²) < 4.78 is 4.54. The molecule has 0 aliphatic heterocycles. The van der Waals surface area contributed by atoms with E-state index >= 15 is 0 Å². The van der Waals surface area contributed by atoms with Crippen LogP contribution >= 0.6 is 11.3 Å². The van der Waals surface area contributed by atoms with Crippen LogP contribution < -0.4 is 0 Å². The summed E-state index contributed by atoms with van der Waals surface area (Å²) in [4.78, 5) is 25.3. The molecule has 0 saturated heterocycles. The van der Waals surface area contributed by atoms with Gasteiger partial charge in [0.2, 0.25) is 0 Å². The van der Waals surface area contributed by atoms with Gasteiger partial charge in [0, 0.05) is 25.6 Å². The standard InChI is InChI=1S/C14H17NO4S/c1-15(8-6-12(17)19-2)14(18)13-11(7-10-20-13)5-3-4-9-16/h7,10,16H,4,6,8-9H2,1-2H3. The summed E-state index contributed by atoms with van der Waals surface area (Å²) in [6.45, 7) is 0.298. The molecule has 6 heteroatoms. The Morgan fingerprint density at radius 3 is 2.90 bits per heavy atom. The minimum absolute atomic E-state index is 0.000547. The highest BCUT2D eigenvalue weighted by atomic mass is 32.1. The number of rotatable bonds is 5. The van der Waals surface area contributed by atoms with E-state index < -0.39 is 0 Å². The molecule has 108 valence electrons. The quantitative estimate of drug-likeness (QED) is 0.653. The topological polar surface area (TPSA) is 66.8 Å². The van der Waals surface area contributed by atoms with Crippen molar-refractivity contribution in [1.82, 2.24) is 4.90 Å². The van der Waals surface area contributed by atoms with Gasteiger partial charge in [0.05, 0.1) is 20.1 Å². The molecule has 0 unspecified atom stereocenters. The summed E-state index contributed by atoms with van der Waals surface area (Å²) >= 11 is 1.31. The Kier molecular flexibility index (Phi) is 6.77. The lowest BCUT2D eigenvalue weighted by atomic mass is 10.2. The Bertz CT molecular complexity index is 527. The van der Waals surface area contributed by atoms with E-state index in [0.717, 1.165) is 0 Å². The summed E-state index contributed by atoms with van der Waals surface area (Å²) in [6.07, 6.45) is 0.539. The van der Waals surface area contributed by atoms with Crippen LogP contribution in [0.4, 0.5) is 0 Å². The molecule has 0 fully saturated rings. The number of esters is 1. The van der Waals surface area contributed by atoms with E-state index in [1.165, 1.54) is 23.3 Å². The molecule has 0 bridgehead atoms. The predicted octanol–water partition coefficient (Wildman–Crippen LogP) is 1.12. The Morgan fingerprint density at radius 2 is 2.25 bits per heavy atom. The van der Waals surface area contributed by atoms with Crippen LogP contribution in [0, 0.1) is 11.8 Å².